The highest BCUT2D eigenvalue weighted by atomic mass is 31.1. The van der Waals surface area contributed by atoms with Gasteiger partial charge in [0.15, 0.2) is 37.6 Å². The van der Waals surface area contributed by atoms with E-state index >= 15 is 0 Å². The van der Waals surface area contributed by atoms with Gasteiger partial charge in [-0.2, -0.15) is 0 Å². The van der Waals surface area contributed by atoms with Crippen molar-refractivity contribution in [2.45, 2.75) is 88.9 Å². The van der Waals surface area contributed by atoms with Crippen LogP contribution in [0.3, 0.4) is 0 Å². The van der Waals surface area contributed by atoms with Gasteiger partial charge in [-0.05, 0) is 45.7 Å². The summed E-state index contributed by atoms with van der Waals surface area (Å²) in [5, 5.41) is 16.7. The molecule has 0 aliphatic carbocycles. The van der Waals surface area contributed by atoms with Crippen LogP contribution in [-0.4, -0.2) is 76.7 Å². The number of amides is 1. The molecule has 13 nitrogen and oxygen atoms in total. The molecule has 5 atom stereocenters. The molecule has 1 saturated heterocycles. The molecule has 1 aliphatic rings. The van der Waals surface area contributed by atoms with Crippen molar-refractivity contribution in [2.24, 2.45) is 0 Å². The second-order valence-corrected chi connectivity index (χ2v) is 26.0. The number of rotatable bonds is 12. The number of aromatic nitrogens is 4. The Kier molecular flexibility index (Phi) is 11.4. The van der Waals surface area contributed by atoms with Gasteiger partial charge >= 0.3 is 8.25 Å². The van der Waals surface area contributed by atoms with Crippen molar-refractivity contribution in [3.8, 4) is 0 Å². The van der Waals surface area contributed by atoms with Gasteiger partial charge in [-0.15, -0.1) is 4.89 Å². The summed E-state index contributed by atoms with van der Waals surface area (Å²) in [5.74, 6) is -2.71. The molecule has 1 fully saturated rings. The van der Waals surface area contributed by atoms with Crippen molar-refractivity contribution in [1.29, 1.82) is 0 Å². The Morgan fingerprint density at radius 2 is 1.45 bits per heavy atom. The molecule has 1 unspecified atom stereocenters. The van der Waals surface area contributed by atoms with Gasteiger partial charge in [0.05, 0.1) is 12.9 Å². The summed E-state index contributed by atoms with van der Waals surface area (Å²) in [4.78, 5) is 36.8. The third-order valence-electron chi connectivity index (χ3n) is 10.7. The van der Waals surface area contributed by atoms with E-state index in [1.807, 2.05) is 101 Å². The molecule has 55 heavy (non-hydrogen) atoms. The van der Waals surface area contributed by atoms with Crippen LogP contribution in [-0.2, 0) is 22.7 Å². The van der Waals surface area contributed by atoms with Gasteiger partial charge in [0.1, 0.15) is 12.4 Å². The SMILES string of the molecule is CC(C)(C)[Si](C)(C)O[C@H]1[C@H](n2cnc3c(NC(=O)c4ccccc4)ncnc32)O[C@H](CO[Si](c2ccccc2)(c2ccccc2)C(C)(C)C)[C@]1(O)O[P+](=O)O. The second kappa shape index (κ2) is 15.5. The van der Waals surface area contributed by atoms with Crippen LogP contribution in [0, 0.1) is 0 Å². The van der Waals surface area contributed by atoms with Crippen molar-refractivity contribution < 1.29 is 37.5 Å². The zero-order valence-electron chi connectivity index (χ0n) is 32.3. The molecule has 3 N–H and O–H groups in total. The number of benzene rings is 3. The first kappa shape index (κ1) is 40.6. The summed E-state index contributed by atoms with van der Waals surface area (Å²) in [6.45, 7) is 16.3. The van der Waals surface area contributed by atoms with Gasteiger partial charge in [0, 0.05) is 10.1 Å². The summed E-state index contributed by atoms with van der Waals surface area (Å²) in [7, 11) is -9.34. The Morgan fingerprint density at radius 1 is 0.891 bits per heavy atom. The molecule has 1 aliphatic heterocycles. The predicted molar refractivity (Wildman–Crippen MR) is 215 cm³/mol. The Morgan fingerprint density at radius 3 is 1.98 bits per heavy atom. The summed E-state index contributed by atoms with van der Waals surface area (Å²) in [6.07, 6.45) is -1.14. The minimum absolute atomic E-state index is 0.161. The molecule has 3 heterocycles. The van der Waals surface area contributed by atoms with Crippen LogP contribution in [0.4, 0.5) is 5.82 Å². The van der Waals surface area contributed by atoms with Crippen molar-refractivity contribution in [3.05, 3.63) is 109 Å². The van der Waals surface area contributed by atoms with E-state index in [-0.39, 0.29) is 34.5 Å². The Labute approximate surface area is 324 Å². The number of imidazole rings is 1. The first-order chi connectivity index (χ1) is 25.9. The van der Waals surface area contributed by atoms with E-state index in [2.05, 4.69) is 41.0 Å². The fourth-order valence-corrected chi connectivity index (χ4v) is 13.1. The van der Waals surface area contributed by atoms with Crippen LogP contribution in [0.1, 0.15) is 58.1 Å². The minimum atomic E-state index is -3.37. The number of hydrogen-bond acceptors (Lipinski definition) is 10. The van der Waals surface area contributed by atoms with Gasteiger partial charge in [-0.25, -0.2) is 15.0 Å². The maximum Gasteiger partial charge on any atom is 0.697 e. The Hall–Kier alpha value is -4.03. The molecular formula is C39H49N5O8PSi2+. The zero-order valence-corrected chi connectivity index (χ0v) is 35.2. The molecule has 0 radical (unpaired) electrons. The van der Waals surface area contributed by atoms with E-state index in [1.54, 1.807) is 28.8 Å². The number of carbonyl (C=O) groups excluding carboxylic acids is 1. The zero-order chi connectivity index (χ0) is 39.8. The lowest BCUT2D eigenvalue weighted by Crippen LogP contribution is -2.67. The molecule has 0 spiro atoms. The van der Waals surface area contributed by atoms with Crippen molar-refractivity contribution >= 4 is 58.2 Å². The minimum Gasteiger partial charge on any atom is -0.405 e. The highest BCUT2D eigenvalue weighted by Crippen LogP contribution is 2.49. The lowest BCUT2D eigenvalue weighted by Gasteiger charge is -2.44. The average molecular weight is 803 g/mol. The highest BCUT2D eigenvalue weighted by molar-refractivity contribution is 7.32. The standard InChI is InChI=1S/C39H48N5O8PSi2/c1-37(2,3)54(7,8)51-32-36(44-26-42-31-33(40-25-41-34(31)44)43-35(45)27-18-12-9-13-19-27)50-30(39(32,46)52-53(47)48)24-49-55(38(4,5)6,28-20-14-10-15-21-28)29-22-16-11-17-23-29/h9-23,25-26,30,32,36,46H,24H2,1-8H3,(H-,40,41,43,45,47,48)/p+1/t30-,32+,36-,39+/m1/s1. The molecule has 3 aromatic carbocycles. The maximum atomic E-state index is 13.1. The molecule has 290 valence electrons. The highest BCUT2D eigenvalue weighted by Gasteiger charge is 2.66. The van der Waals surface area contributed by atoms with Gasteiger partial charge < -0.3 is 24.0 Å². The van der Waals surface area contributed by atoms with Gasteiger partial charge in [0.25, 0.3) is 20.0 Å². The number of nitrogens with zero attached hydrogens (tertiary/aromatic N) is 4. The Bertz CT molecular complexity index is 2090. The second-order valence-electron chi connectivity index (χ2n) is 16.2. The van der Waals surface area contributed by atoms with Crippen molar-refractivity contribution in [3.63, 3.8) is 0 Å². The van der Waals surface area contributed by atoms with E-state index < -0.39 is 54.2 Å². The molecule has 2 aromatic heterocycles. The third kappa shape index (κ3) is 7.86. The lowest BCUT2D eigenvalue weighted by molar-refractivity contribution is -0.212. The summed E-state index contributed by atoms with van der Waals surface area (Å²) >= 11 is 0. The van der Waals surface area contributed by atoms with Crippen molar-refractivity contribution in [1.82, 2.24) is 19.5 Å². The smallest absolute Gasteiger partial charge is 0.405 e. The number of nitrogens with one attached hydrogen (secondary N) is 1. The van der Waals surface area contributed by atoms with Crippen LogP contribution in [0.25, 0.3) is 11.2 Å². The summed E-state index contributed by atoms with van der Waals surface area (Å²) in [5.41, 5.74) is 0.947. The Balaban J connectivity index is 1.46. The van der Waals surface area contributed by atoms with Crippen LogP contribution in [0.15, 0.2) is 104 Å². The first-order valence-electron chi connectivity index (χ1n) is 18.1. The quantitative estimate of drug-likeness (QED) is 0.0737. The number of hydrogen-bond donors (Lipinski definition) is 3. The van der Waals surface area contributed by atoms with Crippen LogP contribution >= 0.6 is 8.25 Å². The van der Waals surface area contributed by atoms with Gasteiger partial charge in [-0.3, -0.25) is 9.36 Å². The van der Waals surface area contributed by atoms with E-state index in [0.717, 1.165) is 10.4 Å². The largest absolute Gasteiger partial charge is 0.697 e. The molecule has 16 heteroatoms. The molecule has 0 bridgehead atoms. The van der Waals surface area contributed by atoms with Crippen molar-refractivity contribution in [2.75, 3.05) is 11.9 Å². The van der Waals surface area contributed by atoms with Crippen LogP contribution in [0.5, 0.6) is 0 Å². The van der Waals surface area contributed by atoms with Crippen LogP contribution < -0.4 is 15.7 Å². The summed E-state index contributed by atoms with van der Waals surface area (Å²) in [6, 6.07) is 28.7. The fraction of sp³-hybridized carbons (Fsp3) is 0.385. The first-order valence-corrected chi connectivity index (χ1v) is 24.0. The molecule has 0 saturated carbocycles. The number of fused-ring (bicyclic) bond motifs is 1. The molecule has 6 rings (SSSR count). The van der Waals surface area contributed by atoms with E-state index in [9.17, 15) is 19.4 Å². The molecular weight excluding hydrogens is 754 g/mol. The molecule has 5 aromatic rings. The number of anilines is 1. The normalized spacial score (nSPS) is 21.1. The van der Waals surface area contributed by atoms with Gasteiger partial charge in [-0.1, -0.05) is 125 Å². The van der Waals surface area contributed by atoms with E-state index in [4.69, 9.17) is 18.1 Å². The maximum absolute atomic E-state index is 13.1. The molecule has 1 amide bonds. The third-order valence-corrected chi connectivity index (χ3v) is 20.6. The number of aliphatic hydroxyl groups is 1. The number of ether oxygens (including phenoxy) is 1. The van der Waals surface area contributed by atoms with Gasteiger partial charge in [0.2, 0.25) is 0 Å². The van der Waals surface area contributed by atoms with E-state index in [1.165, 1.54) is 12.7 Å². The fourth-order valence-electron chi connectivity index (χ4n) is 6.83. The monoisotopic (exact) mass is 802 g/mol. The summed E-state index contributed by atoms with van der Waals surface area (Å²) < 4.78 is 40.6. The van der Waals surface area contributed by atoms with Crippen LogP contribution in [0.2, 0.25) is 23.2 Å². The topological polar surface area (TPSA) is 167 Å². The lowest BCUT2D eigenvalue weighted by atomic mass is 10.1. The predicted octanol–water partition coefficient (Wildman–Crippen LogP) is 6.30. The average Bonchev–Trinajstić information content (AvgIpc) is 3.67. The number of carbonyl (C=O) groups is 1. The van der Waals surface area contributed by atoms with E-state index in [0.29, 0.717) is 5.56 Å².